The summed E-state index contributed by atoms with van der Waals surface area (Å²) in [5.41, 5.74) is 5.23. The molecular formula is C44H47ClN8O5. The quantitative estimate of drug-likeness (QED) is 0.265. The van der Waals surface area contributed by atoms with Gasteiger partial charge in [0.2, 0.25) is 17.5 Å². The SMILES string of the molecule is [C-]#[N+]c1ccc(N2CCC3(CCN(c4ccc(C(=O)N5CCN(C6CCN(c7ccc8c(c7)C(=O)N(C7CCC(=O)NC7=O)C8=O)CC6)CC5)cc4)CC3)C2)cc1Cl. The smallest absolute Gasteiger partial charge is 0.262 e. The molecule has 3 aromatic carbocycles. The molecule has 13 nitrogen and oxygen atoms in total. The summed E-state index contributed by atoms with van der Waals surface area (Å²) in [6, 6.07) is 18.7. The number of piperazine rings is 1. The molecular weight excluding hydrogens is 756 g/mol. The average molecular weight is 803 g/mol. The van der Waals surface area contributed by atoms with Crippen LogP contribution in [0.15, 0.2) is 60.7 Å². The minimum atomic E-state index is -0.977. The van der Waals surface area contributed by atoms with Gasteiger partial charge in [0.15, 0.2) is 0 Å². The van der Waals surface area contributed by atoms with E-state index in [0.717, 1.165) is 112 Å². The molecule has 0 bridgehead atoms. The summed E-state index contributed by atoms with van der Waals surface area (Å²) in [5, 5.41) is 2.76. The third kappa shape index (κ3) is 7.06. The normalized spacial score (nSPS) is 22.8. The lowest BCUT2D eigenvalue weighted by Gasteiger charge is -2.43. The first kappa shape index (κ1) is 38.1. The van der Waals surface area contributed by atoms with E-state index in [1.54, 1.807) is 12.1 Å². The van der Waals surface area contributed by atoms with Crippen molar-refractivity contribution in [1.29, 1.82) is 0 Å². The van der Waals surface area contributed by atoms with E-state index in [4.69, 9.17) is 18.2 Å². The number of halogens is 1. The Morgan fingerprint density at radius 2 is 1.33 bits per heavy atom. The Labute approximate surface area is 343 Å². The lowest BCUT2D eigenvalue weighted by atomic mass is 9.77. The van der Waals surface area contributed by atoms with Crippen LogP contribution >= 0.6 is 11.6 Å². The van der Waals surface area contributed by atoms with E-state index in [2.05, 4.69) is 41.9 Å². The molecule has 6 heterocycles. The summed E-state index contributed by atoms with van der Waals surface area (Å²) in [7, 11) is 0. The van der Waals surface area contributed by atoms with Crippen LogP contribution in [-0.2, 0) is 9.59 Å². The summed E-state index contributed by atoms with van der Waals surface area (Å²) < 4.78 is 0. The molecule has 3 aromatic rings. The first-order valence-electron chi connectivity index (χ1n) is 20.5. The summed E-state index contributed by atoms with van der Waals surface area (Å²) in [4.78, 5) is 80.2. The van der Waals surface area contributed by atoms with Gasteiger partial charge in [-0.15, -0.1) is 0 Å². The zero-order valence-corrected chi connectivity index (χ0v) is 33.3. The third-order valence-electron chi connectivity index (χ3n) is 13.5. The molecule has 1 N–H and O–H groups in total. The fourth-order valence-electron chi connectivity index (χ4n) is 10.0. The molecule has 1 atom stereocenters. The molecule has 14 heteroatoms. The van der Waals surface area contributed by atoms with Gasteiger partial charge in [-0.1, -0.05) is 17.7 Å². The van der Waals surface area contributed by atoms with Crippen molar-refractivity contribution < 1.29 is 24.0 Å². The van der Waals surface area contributed by atoms with Gasteiger partial charge in [0, 0.05) is 106 Å². The van der Waals surface area contributed by atoms with Gasteiger partial charge in [-0.2, -0.15) is 0 Å². The standard InChI is InChI=1S/C44H47ClN8O5/c1-46-37-9-7-33(27-36(37)45)52-21-16-44(28-52)14-19-49(20-15-44)30-4-2-29(3-5-30)41(56)51-24-22-50(23-25-51)31-12-17-48(18-13-31)32-6-8-34-35(26-32)43(58)53(42(34)57)38-10-11-39(54)47-40(38)55/h2-9,26-27,31,38H,10-25,28H2,(H,47,54,55). The Hall–Kier alpha value is -5.45. The summed E-state index contributed by atoms with van der Waals surface area (Å²) in [6.07, 6.45) is 5.51. The van der Waals surface area contributed by atoms with Gasteiger partial charge in [0.25, 0.3) is 17.7 Å². The molecule has 58 heavy (non-hydrogen) atoms. The van der Waals surface area contributed by atoms with Crippen molar-refractivity contribution in [3.63, 3.8) is 0 Å². The van der Waals surface area contributed by atoms with Gasteiger partial charge in [-0.3, -0.25) is 39.1 Å². The predicted octanol–water partition coefficient (Wildman–Crippen LogP) is 5.22. The molecule has 300 valence electrons. The van der Waals surface area contributed by atoms with E-state index in [1.165, 1.54) is 0 Å². The van der Waals surface area contributed by atoms with Crippen LogP contribution < -0.4 is 20.0 Å². The minimum absolute atomic E-state index is 0.0787. The summed E-state index contributed by atoms with van der Waals surface area (Å²) in [6.45, 7) is 15.9. The fraction of sp³-hybridized carbons (Fsp3) is 0.455. The number of amides is 5. The third-order valence-corrected chi connectivity index (χ3v) is 13.8. The number of imide groups is 2. The first-order chi connectivity index (χ1) is 28.1. The lowest BCUT2D eigenvalue weighted by molar-refractivity contribution is -0.136. The monoisotopic (exact) mass is 802 g/mol. The first-order valence-corrected chi connectivity index (χ1v) is 20.9. The van der Waals surface area contributed by atoms with Crippen LogP contribution in [0.1, 0.15) is 76.0 Å². The van der Waals surface area contributed by atoms with Crippen molar-refractivity contribution in [2.45, 2.75) is 57.0 Å². The molecule has 5 saturated heterocycles. The van der Waals surface area contributed by atoms with Crippen LogP contribution in [-0.4, -0.2) is 122 Å². The highest BCUT2D eigenvalue weighted by Crippen LogP contribution is 2.44. The van der Waals surface area contributed by atoms with Crippen LogP contribution in [0, 0.1) is 12.0 Å². The summed E-state index contributed by atoms with van der Waals surface area (Å²) in [5.74, 6) is -1.91. The van der Waals surface area contributed by atoms with Gasteiger partial charge < -0.3 is 19.6 Å². The number of nitrogens with zero attached hydrogens (tertiary/aromatic N) is 7. The van der Waals surface area contributed by atoms with Crippen molar-refractivity contribution in [2.75, 3.05) is 80.1 Å². The van der Waals surface area contributed by atoms with Gasteiger partial charge in [-0.25, -0.2) is 4.85 Å². The molecule has 6 aliphatic rings. The molecule has 9 rings (SSSR count). The predicted molar refractivity (Wildman–Crippen MR) is 221 cm³/mol. The second kappa shape index (κ2) is 15.4. The Morgan fingerprint density at radius 1 is 0.707 bits per heavy atom. The minimum Gasteiger partial charge on any atom is -0.371 e. The number of rotatable bonds is 6. The van der Waals surface area contributed by atoms with Crippen molar-refractivity contribution in [2.24, 2.45) is 5.41 Å². The molecule has 1 spiro atoms. The van der Waals surface area contributed by atoms with E-state index in [0.29, 0.717) is 41.0 Å². The van der Waals surface area contributed by atoms with Crippen molar-refractivity contribution in [1.82, 2.24) is 20.0 Å². The number of hydrogen-bond acceptors (Lipinski definition) is 9. The molecule has 1 unspecified atom stereocenters. The van der Waals surface area contributed by atoms with Crippen LogP contribution in [0.25, 0.3) is 4.85 Å². The Balaban J connectivity index is 0.731. The number of carbonyl (C=O) groups is 5. The molecule has 0 aromatic heterocycles. The molecule has 0 radical (unpaired) electrons. The maximum Gasteiger partial charge on any atom is 0.262 e. The van der Waals surface area contributed by atoms with Crippen molar-refractivity contribution in [3.05, 3.63) is 93.8 Å². The van der Waals surface area contributed by atoms with Crippen LogP contribution in [0.2, 0.25) is 5.02 Å². The number of anilines is 3. The Morgan fingerprint density at radius 3 is 2.00 bits per heavy atom. The zero-order valence-electron chi connectivity index (χ0n) is 32.5. The van der Waals surface area contributed by atoms with Gasteiger partial charge >= 0.3 is 0 Å². The highest BCUT2D eigenvalue weighted by atomic mass is 35.5. The maximum atomic E-state index is 13.6. The van der Waals surface area contributed by atoms with E-state index in [9.17, 15) is 24.0 Å². The molecule has 0 aliphatic carbocycles. The highest BCUT2D eigenvalue weighted by Gasteiger charge is 2.45. The fourth-order valence-corrected chi connectivity index (χ4v) is 10.2. The van der Waals surface area contributed by atoms with Gasteiger partial charge in [0.05, 0.1) is 17.7 Å². The van der Waals surface area contributed by atoms with Gasteiger partial charge in [-0.05, 0) is 98.5 Å². The molecule has 5 amide bonds. The number of fused-ring (bicyclic) bond motifs is 1. The van der Waals surface area contributed by atoms with E-state index in [-0.39, 0.29) is 24.2 Å². The van der Waals surface area contributed by atoms with Crippen LogP contribution in [0.3, 0.4) is 0 Å². The lowest BCUT2D eigenvalue weighted by Crippen LogP contribution is -2.54. The Bertz CT molecular complexity index is 2200. The zero-order chi connectivity index (χ0) is 40.1. The van der Waals surface area contributed by atoms with Gasteiger partial charge in [0.1, 0.15) is 6.04 Å². The van der Waals surface area contributed by atoms with E-state index < -0.39 is 29.7 Å². The number of piperidine rings is 3. The number of benzene rings is 3. The maximum absolute atomic E-state index is 13.6. The topological polar surface area (TPSA) is 121 Å². The van der Waals surface area contributed by atoms with Crippen LogP contribution in [0.5, 0.6) is 0 Å². The molecule has 0 saturated carbocycles. The summed E-state index contributed by atoms with van der Waals surface area (Å²) >= 11 is 6.34. The number of hydrogen-bond donors (Lipinski definition) is 1. The Kier molecular flexibility index (Phi) is 10.1. The average Bonchev–Trinajstić information content (AvgIpc) is 3.77. The molecule has 6 aliphatic heterocycles. The number of carbonyl (C=O) groups excluding carboxylic acids is 5. The molecule has 5 fully saturated rings. The van der Waals surface area contributed by atoms with E-state index in [1.807, 2.05) is 41.3 Å². The van der Waals surface area contributed by atoms with Crippen LogP contribution in [0.4, 0.5) is 22.7 Å². The van der Waals surface area contributed by atoms with Crippen molar-refractivity contribution in [3.8, 4) is 0 Å². The second-order valence-electron chi connectivity index (χ2n) is 16.7. The highest BCUT2D eigenvalue weighted by molar-refractivity contribution is 6.33. The largest absolute Gasteiger partial charge is 0.371 e. The van der Waals surface area contributed by atoms with E-state index >= 15 is 0 Å². The van der Waals surface area contributed by atoms with Crippen molar-refractivity contribution >= 4 is 63.9 Å². The number of nitrogens with one attached hydrogen (secondary N) is 1. The second-order valence-corrected chi connectivity index (χ2v) is 17.1.